The summed E-state index contributed by atoms with van der Waals surface area (Å²) in [4.78, 5) is 2.61. The molecule has 0 aromatic rings. The molecule has 2 heteroatoms. The first kappa shape index (κ1) is 12.0. The maximum atomic E-state index is 5.94. The quantitative estimate of drug-likeness (QED) is 0.750. The van der Waals surface area contributed by atoms with Crippen LogP contribution in [0.15, 0.2) is 0 Å². The van der Waals surface area contributed by atoms with Crippen LogP contribution in [0.2, 0.25) is 0 Å². The van der Waals surface area contributed by atoms with Crippen LogP contribution >= 0.6 is 0 Å². The minimum absolute atomic E-state index is 0.402. The molecular formula is C12H26N2. The topological polar surface area (TPSA) is 29.3 Å². The average Bonchev–Trinajstić information content (AvgIpc) is 2.20. The van der Waals surface area contributed by atoms with E-state index in [4.69, 9.17) is 5.73 Å². The molecule has 0 saturated carbocycles. The molecule has 0 radical (unpaired) electrons. The summed E-state index contributed by atoms with van der Waals surface area (Å²) in [7, 11) is 0. The van der Waals surface area contributed by atoms with E-state index in [1.165, 1.54) is 25.9 Å². The second kappa shape index (κ2) is 5.72. The van der Waals surface area contributed by atoms with E-state index in [9.17, 15) is 0 Å². The number of rotatable bonds is 4. The van der Waals surface area contributed by atoms with E-state index in [1.54, 1.807) is 0 Å². The van der Waals surface area contributed by atoms with Crippen molar-refractivity contribution in [1.82, 2.24) is 4.90 Å². The molecular weight excluding hydrogens is 172 g/mol. The normalized spacial score (nSPS) is 31.7. The first-order valence-electron chi connectivity index (χ1n) is 6.14. The van der Waals surface area contributed by atoms with Crippen molar-refractivity contribution in [2.24, 2.45) is 11.7 Å². The van der Waals surface area contributed by atoms with Gasteiger partial charge >= 0.3 is 0 Å². The van der Waals surface area contributed by atoms with Crippen LogP contribution in [0.3, 0.4) is 0 Å². The van der Waals surface area contributed by atoms with E-state index in [1.807, 2.05) is 0 Å². The van der Waals surface area contributed by atoms with Gasteiger partial charge in [0.15, 0.2) is 0 Å². The van der Waals surface area contributed by atoms with Gasteiger partial charge in [0.2, 0.25) is 0 Å². The van der Waals surface area contributed by atoms with Crippen LogP contribution in [-0.4, -0.2) is 30.1 Å². The molecule has 0 bridgehead atoms. The van der Waals surface area contributed by atoms with Gasteiger partial charge in [-0.3, -0.25) is 0 Å². The Bertz CT molecular complexity index is 158. The predicted molar refractivity (Wildman–Crippen MR) is 62.3 cm³/mol. The van der Waals surface area contributed by atoms with Gasteiger partial charge in [-0.25, -0.2) is 0 Å². The van der Waals surface area contributed by atoms with Crippen LogP contribution in [0, 0.1) is 5.92 Å². The van der Waals surface area contributed by atoms with Crippen molar-refractivity contribution in [3.63, 3.8) is 0 Å². The Labute approximate surface area is 88.8 Å². The van der Waals surface area contributed by atoms with E-state index in [-0.39, 0.29) is 0 Å². The lowest BCUT2D eigenvalue weighted by Crippen LogP contribution is -2.44. The minimum atomic E-state index is 0.402. The highest BCUT2D eigenvalue weighted by Crippen LogP contribution is 2.22. The van der Waals surface area contributed by atoms with Crippen molar-refractivity contribution >= 4 is 0 Å². The monoisotopic (exact) mass is 198 g/mol. The van der Waals surface area contributed by atoms with Gasteiger partial charge in [0.05, 0.1) is 0 Å². The third kappa shape index (κ3) is 3.25. The van der Waals surface area contributed by atoms with Gasteiger partial charge in [0.25, 0.3) is 0 Å². The summed E-state index contributed by atoms with van der Waals surface area (Å²) in [6.07, 6.45) is 5.04. The van der Waals surface area contributed by atoms with E-state index in [0.717, 1.165) is 24.8 Å². The fourth-order valence-electron chi connectivity index (χ4n) is 2.27. The van der Waals surface area contributed by atoms with Crippen LogP contribution in [0.1, 0.15) is 46.5 Å². The lowest BCUT2D eigenvalue weighted by Gasteiger charge is -2.38. The molecule has 2 N–H and O–H groups in total. The fourth-order valence-corrected chi connectivity index (χ4v) is 2.27. The van der Waals surface area contributed by atoms with Crippen molar-refractivity contribution in [2.45, 2.75) is 58.5 Å². The zero-order valence-electron chi connectivity index (χ0n) is 10.00. The van der Waals surface area contributed by atoms with Crippen LogP contribution in [0.5, 0.6) is 0 Å². The molecule has 1 aliphatic heterocycles. The van der Waals surface area contributed by atoms with E-state index in [2.05, 4.69) is 25.7 Å². The third-order valence-electron chi connectivity index (χ3n) is 3.82. The molecule has 0 amide bonds. The Morgan fingerprint density at radius 1 is 1.43 bits per heavy atom. The SMILES string of the molecule is CCC(N)CCN1CCCC(C)C1C. The molecule has 0 spiro atoms. The van der Waals surface area contributed by atoms with Crippen LogP contribution in [0.4, 0.5) is 0 Å². The van der Waals surface area contributed by atoms with Crippen LogP contribution in [0.25, 0.3) is 0 Å². The summed E-state index contributed by atoms with van der Waals surface area (Å²) in [5.74, 6) is 0.863. The largest absolute Gasteiger partial charge is 0.328 e. The van der Waals surface area contributed by atoms with Crippen LogP contribution in [-0.2, 0) is 0 Å². The van der Waals surface area contributed by atoms with Crippen molar-refractivity contribution in [2.75, 3.05) is 13.1 Å². The van der Waals surface area contributed by atoms with E-state index < -0.39 is 0 Å². The summed E-state index contributed by atoms with van der Waals surface area (Å²) in [5, 5.41) is 0. The van der Waals surface area contributed by atoms with Crippen LogP contribution < -0.4 is 5.73 Å². The van der Waals surface area contributed by atoms with Gasteiger partial charge < -0.3 is 10.6 Å². The Kier molecular flexibility index (Phi) is 4.90. The molecule has 1 rings (SSSR count). The lowest BCUT2D eigenvalue weighted by molar-refractivity contribution is 0.110. The average molecular weight is 198 g/mol. The van der Waals surface area contributed by atoms with Gasteiger partial charge in [-0.15, -0.1) is 0 Å². The summed E-state index contributed by atoms with van der Waals surface area (Å²) in [5.41, 5.74) is 5.94. The number of hydrogen-bond acceptors (Lipinski definition) is 2. The molecule has 0 aromatic carbocycles. The van der Waals surface area contributed by atoms with E-state index >= 15 is 0 Å². The molecule has 1 heterocycles. The maximum absolute atomic E-state index is 5.94. The van der Waals surface area contributed by atoms with Gasteiger partial charge in [0.1, 0.15) is 0 Å². The number of likely N-dealkylation sites (tertiary alicyclic amines) is 1. The van der Waals surface area contributed by atoms with Crippen molar-refractivity contribution in [3.8, 4) is 0 Å². The third-order valence-corrected chi connectivity index (χ3v) is 3.82. The summed E-state index contributed by atoms with van der Waals surface area (Å²) < 4.78 is 0. The molecule has 1 fully saturated rings. The minimum Gasteiger partial charge on any atom is -0.328 e. The Hall–Kier alpha value is -0.0800. The zero-order chi connectivity index (χ0) is 10.6. The number of nitrogens with two attached hydrogens (primary N) is 1. The molecule has 3 unspecified atom stereocenters. The van der Waals surface area contributed by atoms with Gasteiger partial charge in [-0.2, -0.15) is 0 Å². The first-order valence-corrected chi connectivity index (χ1v) is 6.14. The molecule has 0 aromatic heterocycles. The Morgan fingerprint density at radius 3 is 2.79 bits per heavy atom. The number of hydrogen-bond donors (Lipinski definition) is 1. The summed E-state index contributed by atoms with van der Waals surface area (Å²) in [6, 6.07) is 1.16. The first-order chi connectivity index (χ1) is 6.65. The molecule has 1 aliphatic rings. The molecule has 0 aliphatic carbocycles. The Morgan fingerprint density at radius 2 is 2.14 bits per heavy atom. The second-order valence-electron chi connectivity index (χ2n) is 4.85. The summed E-state index contributed by atoms with van der Waals surface area (Å²) >= 11 is 0. The smallest absolute Gasteiger partial charge is 0.00925 e. The molecule has 3 atom stereocenters. The number of piperidine rings is 1. The van der Waals surface area contributed by atoms with Gasteiger partial charge in [-0.1, -0.05) is 13.8 Å². The van der Waals surface area contributed by atoms with Crippen molar-refractivity contribution in [3.05, 3.63) is 0 Å². The Balaban J connectivity index is 2.28. The predicted octanol–water partition coefficient (Wildman–Crippen LogP) is 2.23. The summed E-state index contributed by atoms with van der Waals surface area (Å²) in [6.45, 7) is 9.38. The second-order valence-corrected chi connectivity index (χ2v) is 4.85. The highest BCUT2D eigenvalue weighted by molar-refractivity contribution is 4.79. The molecule has 2 nitrogen and oxygen atoms in total. The van der Waals surface area contributed by atoms with Crippen molar-refractivity contribution in [1.29, 1.82) is 0 Å². The van der Waals surface area contributed by atoms with E-state index in [0.29, 0.717) is 6.04 Å². The fraction of sp³-hybridized carbons (Fsp3) is 1.00. The van der Waals surface area contributed by atoms with Gasteiger partial charge in [-0.05, 0) is 51.6 Å². The highest BCUT2D eigenvalue weighted by atomic mass is 15.2. The number of nitrogens with zero attached hydrogens (tertiary/aromatic N) is 1. The van der Waals surface area contributed by atoms with Gasteiger partial charge in [0, 0.05) is 12.1 Å². The maximum Gasteiger partial charge on any atom is 0.00925 e. The standard InChI is InChI=1S/C12H26N2/c1-4-12(13)7-9-14-8-5-6-10(2)11(14)3/h10-12H,4-9,13H2,1-3H3. The highest BCUT2D eigenvalue weighted by Gasteiger charge is 2.24. The molecule has 84 valence electrons. The zero-order valence-corrected chi connectivity index (χ0v) is 10.00. The molecule has 14 heavy (non-hydrogen) atoms. The van der Waals surface area contributed by atoms with Crippen molar-refractivity contribution < 1.29 is 0 Å². The molecule has 1 saturated heterocycles. The lowest BCUT2D eigenvalue weighted by atomic mass is 9.92.